The van der Waals surface area contributed by atoms with Crippen LogP contribution in [0.25, 0.3) is 0 Å². The number of aromatic carboxylic acids is 1. The first-order chi connectivity index (χ1) is 12.1. The maximum Gasteiger partial charge on any atom is 0.345 e. The fraction of sp³-hybridized carbons (Fsp3) is 0.389. The molecular weight excluding hydrogens is 338 g/mol. The maximum atomic E-state index is 12.4. The molecule has 2 aromatic heterocycles. The van der Waals surface area contributed by atoms with E-state index in [-0.39, 0.29) is 16.8 Å². The number of aromatic nitrogens is 1. The first-order valence-electron chi connectivity index (χ1n) is 8.40. The SMILES string of the molecule is O=C(O)c1ccc(C(=O)NC[C@H](c2cccnc2)N2CCCCC2)s1. The van der Waals surface area contributed by atoms with Gasteiger partial charge in [-0.3, -0.25) is 14.7 Å². The third-order valence-corrected chi connectivity index (χ3v) is 5.47. The van der Waals surface area contributed by atoms with Gasteiger partial charge in [-0.2, -0.15) is 0 Å². The second-order valence-electron chi connectivity index (χ2n) is 6.08. The summed E-state index contributed by atoms with van der Waals surface area (Å²) in [6.07, 6.45) is 7.17. The van der Waals surface area contributed by atoms with E-state index in [0.717, 1.165) is 42.8 Å². The van der Waals surface area contributed by atoms with Crippen molar-refractivity contribution in [2.45, 2.75) is 25.3 Å². The molecule has 132 valence electrons. The summed E-state index contributed by atoms with van der Waals surface area (Å²) in [5.74, 6) is -1.24. The second-order valence-corrected chi connectivity index (χ2v) is 7.16. The summed E-state index contributed by atoms with van der Waals surface area (Å²) in [6.45, 7) is 2.50. The Morgan fingerprint density at radius 2 is 1.96 bits per heavy atom. The molecule has 1 amide bonds. The van der Waals surface area contributed by atoms with E-state index in [1.165, 1.54) is 12.5 Å². The van der Waals surface area contributed by atoms with Crippen molar-refractivity contribution in [3.05, 3.63) is 52.0 Å². The minimum Gasteiger partial charge on any atom is -0.477 e. The predicted octanol–water partition coefficient (Wildman–Crippen LogP) is 2.80. The Bertz CT molecular complexity index is 726. The molecule has 1 saturated heterocycles. The van der Waals surface area contributed by atoms with Crippen LogP contribution < -0.4 is 5.32 Å². The van der Waals surface area contributed by atoms with Crippen LogP contribution in [0, 0.1) is 0 Å². The van der Waals surface area contributed by atoms with Gasteiger partial charge in [0.05, 0.1) is 10.9 Å². The van der Waals surface area contributed by atoms with Crippen molar-refractivity contribution >= 4 is 23.2 Å². The van der Waals surface area contributed by atoms with E-state index in [1.54, 1.807) is 12.3 Å². The lowest BCUT2D eigenvalue weighted by Crippen LogP contribution is -2.40. The van der Waals surface area contributed by atoms with Gasteiger partial charge in [-0.1, -0.05) is 12.5 Å². The zero-order valence-corrected chi connectivity index (χ0v) is 14.7. The van der Waals surface area contributed by atoms with E-state index < -0.39 is 5.97 Å². The van der Waals surface area contributed by atoms with Crippen molar-refractivity contribution in [2.24, 2.45) is 0 Å². The van der Waals surface area contributed by atoms with Crippen molar-refractivity contribution in [1.29, 1.82) is 0 Å². The molecular formula is C18H21N3O3S. The zero-order valence-electron chi connectivity index (χ0n) is 13.9. The molecule has 0 aromatic carbocycles. The van der Waals surface area contributed by atoms with Crippen LogP contribution in [-0.4, -0.2) is 46.5 Å². The lowest BCUT2D eigenvalue weighted by Gasteiger charge is -2.34. The van der Waals surface area contributed by atoms with Crippen LogP contribution in [-0.2, 0) is 0 Å². The minimum absolute atomic E-state index is 0.0804. The summed E-state index contributed by atoms with van der Waals surface area (Å²) >= 11 is 0.995. The molecule has 1 aliphatic heterocycles. The van der Waals surface area contributed by atoms with E-state index >= 15 is 0 Å². The normalized spacial score (nSPS) is 16.3. The third kappa shape index (κ3) is 4.43. The molecule has 1 fully saturated rings. The first-order valence-corrected chi connectivity index (χ1v) is 9.22. The van der Waals surface area contributed by atoms with Gasteiger partial charge >= 0.3 is 5.97 Å². The molecule has 3 heterocycles. The molecule has 1 atom stereocenters. The van der Waals surface area contributed by atoms with Gasteiger partial charge in [0.15, 0.2) is 0 Å². The Balaban J connectivity index is 1.69. The average molecular weight is 359 g/mol. The average Bonchev–Trinajstić information content (AvgIpc) is 3.14. The summed E-state index contributed by atoms with van der Waals surface area (Å²) < 4.78 is 0. The molecule has 3 rings (SSSR count). The summed E-state index contributed by atoms with van der Waals surface area (Å²) in [4.78, 5) is 30.5. The monoisotopic (exact) mass is 359 g/mol. The number of carboxylic acid groups (broad SMARTS) is 1. The molecule has 0 saturated carbocycles. The van der Waals surface area contributed by atoms with E-state index in [1.807, 2.05) is 18.3 Å². The largest absolute Gasteiger partial charge is 0.477 e. The fourth-order valence-corrected chi connectivity index (χ4v) is 3.87. The Morgan fingerprint density at radius 1 is 1.20 bits per heavy atom. The Kier molecular flexibility index (Phi) is 5.78. The molecule has 0 bridgehead atoms. The number of carbonyl (C=O) groups excluding carboxylic acids is 1. The highest BCUT2D eigenvalue weighted by Crippen LogP contribution is 2.24. The number of nitrogens with one attached hydrogen (secondary N) is 1. The van der Waals surface area contributed by atoms with Gasteiger partial charge in [0.2, 0.25) is 0 Å². The fourth-order valence-electron chi connectivity index (χ4n) is 3.11. The lowest BCUT2D eigenvalue weighted by atomic mass is 10.0. The molecule has 7 heteroatoms. The van der Waals surface area contributed by atoms with Gasteiger partial charge in [0.25, 0.3) is 5.91 Å². The van der Waals surface area contributed by atoms with Crippen LogP contribution in [0.2, 0.25) is 0 Å². The smallest absolute Gasteiger partial charge is 0.345 e. The van der Waals surface area contributed by atoms with Gasteiger partial charge < -0.3 is 10.4 Å². The third-order valence-electron chi connectivity index (χ3n) is 4.40. The molecule has 0 radical (unpaired) electrons. The highest BCUT2D eigenvalue weighted by molar-refractivity contribution is 7.15. The number of hydrogen-bond donors (Lipinski definition) is 2. The summed E-state index contributed by atoms with van der Waals surface area (Å²) in [5.41, 5.74) is 1.09. The molecule has 25 heavy (non-hydrogen) atoms. The summed E-state index contributed by atoms with van der Waals surface area (Å²) in [7, 11) is 0. The standard InChI is InChI=1S/C18H21N3O3S/c22-17(15-6-7-16(25-15)18(23)24)20-12-14(13-5-4-8-19-11-13)21-9-2-1-3-10-21/h4-8,11,14H,1-3,9-10,12H2,(H,20,22)(H,23,24)/t14-/m1/s1. The number of likely N-dealkylation sites (tertiary alicyclic amines) is 1. The number of thiophene rings is 1. The van der Waals surface area contributed by atoms with Gasteiger partial charge in [-0.15, -0.1) is 11.3 Å². The van der Waals surface area contributed by atoms with Crippen molar-refractivity contribution in [1.82, 2.24) is 15.2 Å². The zero-order chi connectivity index (χ0) is 17.6. The predicted molar refractivity (Wildman–Crippen MR) is 96.0 cm³/mol. The van der Waals surface area contributed by atoms with Crippen LogP contribution in [0.3, 0.4) is 0 Å². The molecule has 2 N–H and O–H groups in total. The molecule has 0 aliphatic carbocycles. The Morgan fingerprint density at radius 3 is 2.60 bits per heavy atom. The van der Waals surface area contributed by atoms with Gasteiger partial charge in [0.1, 0.15) is 4.88 Å². The number of nitrogens with zero attached hydrogens (tertiary/aromatic N) is 2. The number of rotatable bonds is 6. The quantitative estimate of drug-likeness (QED) is 0.829. The van der Waals surface area contributed by atoms with E-state index in [0.29, 0.717) is 11.4 Å². The van der Waals surface area contributed by atoms with Crippen molar-refractivity contribution in [3.8, 4) is 0 Å². The van der Waals surface area contributed by atoms with Gasteiger partial charge in [-0.05, 0) is 49.7 Å². The molecule has 6 nitrogen and oxygen atoms in total. The number of amides is 1. The highest BCUT2D eigenvalue weighted by atomic mass is 32.1. The molecule has 2 aromatic rings. The Hall–Kier alpha value is -2.25. The van der Waals surface area contributed by atoms with E-state index in [9.17, 15) is 9.59 Å². The number of carbonyl (C=O) groups is 2. The van der Waals surface area contributed by atoms with Crippen LogP contribution >= 0.6 is 11.3 Å². The highest BCUT2D eigenvalue weighted by Gasteiger charge is 2.23. The summed E-state index contributed by atoms with van der Waals surface area (Å²) in [5, 5.41) is 11.9. The summed E-state index contributed by atoms with van der Waals surface area (Å²) in [6, 6.07) is 7.05. The van der Waals surface area contributed by atoms with Crippen molar-refractivity contribution in [3.63, 3.8) is 0 Å². The lowest BCUT2D eigenvalue weighted by molar-refractivity contribution is 0.0702. The first kappa shape index (κ1) is 17.6. The molecule has 0 unspecified atom stereocenters. The van der Waals surface area contributed by atoms with Crippen molar-refractivity contribution < 1.29 is 14.7 Å². The number of carboxylic acids is 1. The number of piperidine rings is 1. The second kappa shape index (κ2) is 8.22. The van der Waals surface area contributed by atoms with Gasteiger partial charge in [0, 0.05) is 18.9 Å². The maximum absolute atomic E-state index is 12.4. The minimum atomic E-state index is -1.01. The molecule has 0 spiro atoms. The van der Waals surface area contributed by atoms with E-state index in [2.05, 4.69) is 15.2 Å². The topological polar surface area (TPSA) is 82.5 Å². The number of hydrogen-bond acceptors (Lipinski definition) is 5. The number of pyridine rings is 1. The van der Waals surface area contributed by atoms with Crippen LogP contribution in [0.4, 0.5) is 0 Å². The van der Waals surface area contributed by atoms with Crippen LogP contribution in [0.1, 0.15) is 50.2 Å². The van der Waals surface area contributed by atoms with Gasteiger partial charge in [-0.25, -0.2) is 4.79 Å². The Labute approximate surface area is 150 Å². The molecule has 1 aliphatic rings. The van der Waals surface area contributed by atoms with Crippen LogP contribution in [0.15, 0.2) is 36.7 Å². The van der Waals surface area contributed by atoms with Crippen molar-refractivity contribution in [2.75, 3.05) is 19.6 Å². The van der Waals surface area contributed by atoms with Crippen LogP contribution in [0.5, 0.6) is 0 Å². The van der Waals surface area contributed by atoms with E-state index in [4.69, 9.17) is 5.11 Å².